The van der Waals surface area contributed by atoms with Gasteiger partial charge in [0, 0.05) is 0 Å². The van der Waals surface area contributed by atoms with Gasteiger partial charge in [-0.1, -0.05) is 32.6 Å². The van der Waals surface area contributed by atoms with Crippen LogP contribution in [-0.2, 0) is 0 Å². The Kier molecular flexibility index (Phi) is 1.95. The van der Waals surface area contributed by atoms with E-state index in [-0.39, 0.29) is 0 Å². The van der Waals surface area contributed by atoms with Crippen molar-refractivity contribution >= 4 is 0 Å². The first-order chi connectivity index (χ1) is 5.37. The monoisotopic (exact) mass is 152 g/mol. The van der Waals surface area contributed by atoms with Gasteiger partial charge in [0.25, 0.3) is 0 Å². The highest BCUT2D eigenvalue weighted by atomic mass is 14.5. The van der Waals surface area contributed by atoms with Crippen LogP contribution in [0.1, 0.15) is 58.3 Å². The molecule has 2 unspecified atom stereocenters. The van der Waals surface area contributed by atoms with Gasteiger partial charge >= 0.3 is 0 Å². The molecule has 0 heterocycles. The van der Waals surface area contributed by atoms with Gasteiger partial charge in [-0.3, -0.25) is 0 Å². The molecule has 0 nitrogen and oxygen atoms in total. The van der Waals surface area contributed by atoms with Crippen LogP contribution in [0.2, 0.25) is 0 Å². The topological polar surface area (TPSA) is 0 Å². The lowest BCUT2D eigenvalue weighted by Crippen LogP contribution is -2.28. The molecule has 0 aromatic carbocycles. The van der Waals surface area contributed by atoms with E-state index < -0.39 is 0 Å². The fourth-order valence-corrected chi connectivity index (χ4v) is 3.50. The highest BCUT2D eigenvalue weighted by Crippen LogP contribution is 2.54. The number of rotatable bonds is 1. The summed E-state index contributed by atoms with van der Waals surface area (Å²) in [6.07, 6.45) is 12.2. The third-order valence-corrected chi connectivity index (χ3v) is 4.27. The smallest absolute Gasteiger partial charge is 0.0272 e. The van der Waals surface area contributed by atoms with E-state index >= 15 is 0 Å². The van der Waals surface area contributed by atoms with E-state index in [4.69, 9.17) is 0 Å². The van der Waals surface area contributed by atoms with E-state index in [1.807, 2.05) is 0 Å². The zero-order valence-corrected chi connectivity index (χ0v) is 7.73. The van der Waals surface area contributed by atoms with Crippen molar-refractivity contribution in [3.63, 3.8) is 0 Å². The van der Waals surface area contributed by atoms with Gasteiger partial charge in [0.05, 0.1) is 0 Å². The molecule has 2 fully saturated rings. The van der Waals surface area contributed by atoms with Gasteiger partial charge in [0.15, 0.2) is 0 Å². The van der Waals surface area contributed by atoms with Gasteiger partial charge in [-0.05, 0) is 37.0 Å². The lowest BCUT2D eigenvalue weighted by Gasteiger charge is -2.38. The first-order valence-electron chi connectivity index (χ1n) is 5.37. The standard InChI is InChI=1S/C11H20/c1-2-11-8-4-3-6-10(11)7-5-9-11/h10H,2-9H2,1H3. The van der Waals surface area contributed by atoms with Crippen molar-refractivity contribution in [1.82, 2.24) is 0 Å². The molecule has 0 radical (unpaired) electrons. The van der Waals surface area contributed by atoms with Crippen LogP contribution in [0.5, 0.6) is 0 Å². The minimum absolute atomic E-state index is 0.832. The van der Waals surface area contributed by atoms with Gasteiger partial charge in [-0.15, -0.1) is 0 Å². The molecule has 0 aromatic rings. The van der Waals surface area contributed by atoms with Crippen LogP contribution in [0.4, 0.5) is 0 Å². The summed E-state index contributed by atoms with van der Waals surface area (Å²) in [5.41, 5.74) is 0.832. The van der Waals surface area contributed by atoms with Crippen molar-refractivity contribution < 1.29 is 0 Å². The molecule has 0 bridgehead atoms. The third kappa shape index (κ3) is 1.11. The Balaban J connectivity index is 2.12. The molecule has 0 amide bonds. The molecule has 2 atom stereocenters. The van der Waals surface area contributed by atoms with Gasteiger partial charge in [-0.2, -0.15) is 0 Å². The summed E-state index contributed by atoms with van der Waals surface area (Å²) >= 11 is 0. The molecule has 11 heavy (non-hydrogen) atoms. The minimum atomic E-state index is 0.832. The minimum Gasteiger partial charge on any atom is -0.0648 e. The molecule has 2 aliphatic carbocycles. The van der Waals surface area contributed by atoms with Gasteiger partial charge < -0.3 is 0 Å². The number of fused-ring (bicyclic) bond motifs is 1. The molecule has 2 saturated carbocycles. The van der Waals surface area contributed by atoms with Gasteiger partial charge in [0.2, 0.25) is 0 Å². The van der Waals surface area contributed by atoms with E-state index in [2.05, 4.69) is 6.92 Å². The van der Waals surface area contributed by atoms with E-state index in [0.29, 0.717) is 0 Å². The Morgan fingerprint density at radius 2 is 1.82 bits per heavy atom. The van der Waals surface area contributed by atoms with Crippen LogP contribution in [0.25, 0.3) is 0 Å². The maximum Gasteiger partial charge on any atom is -0.0272 e. The zero-order chi connectivity index (χ0) is 7.73. The first kappa shape index (κ1) is 7.64. The Labute approximate surface area is 70.4 Å². The number of hydrogen-bond donors (Lipinski definition) is 0. The summed E-state index contributed by atoms with van der Waals surface area (Å²) in [6, 6.07) is 0. The van der Waals surface area contributed by atoms with E-state index in [0.717, 1.165) is 11.3 Å². The van der Waals surface area contributed by atoms with Crippen LogP contribution in [0.15, 0.2) is 0 Å². The molecule has 2 rings (SSSR count). The summed E-state index contributed by atoms with van der Waals surface area (Å²) in [6.45, 7) is 2.41. The maximum atomic E-state index is 2.41. The van der Waals surface area contributed by atoms with Crippen molar-refractivity contribution in [3.8, 4) is 0 Å². The number of hydrogen-bond acceptors (Lipinski definition) is 0. The first-order valence-corrected chi connectivity index (χ1v) is 5.37. The SMILES string of the molecule is CCC12CCCCC1CCC2. The second kappa shape index (κ2) is 2.80. The molecule has 2 aliphatic rings. The molecule has 0 aromatic heterocycles. The summed E-state index contributed by atoms with van der Waals surface area (Å²) < 4.78 is 0. The normalized spacial score (nSPS) is 43.9. The second-order valence-electron chi connectivity index (χ2n) is 4.55. The van der Waals surface area contributed by atoms with Crippen LogP contribution in [-0.4, -0.2) is 0 Å². The van der Waals surface area contributed by atoms with Crippen molar-refractivity contribution in [2.24, 2.45) is 11.3 Å². The average molecular weight is 152 g/mol. The fourth-order valence-electron chi connectivity index (χ4n) is 3.50. The fraction of sp³-hybridized carbons (Fsp3) is 1.00. The Morgan fingerprint density at radius 1 is 1.09 bits per heavy atom. The summed E-state index contributed by atoms with van der Waals surface area (Å²) in [5.74, 6) is 1.13. The van der Waals surface area contributed by atoms with Crippen LogP contribution in [0, 0.1) is 11.3 Å². The highest BCUT2D eigenvalue weighted by molar-refractivity contribution is 4.93. The molecule has 0 saturated heterocycles. The predicted molar refractivity (Wildman–Crippen MR) is 48.5 cm³/mol. The summed E-state index contributed by atoms with van der Waals surface area (Å²) in [4.78, 5) is 0. The Bertz CT molecular complexity index is 139. The van der Waals surface area contributed by atoms with E-state index in [1.165, 1.54) is 25.7 Å². The summed E-state index contributed by atoms with van der Waals surface area (Å²) in [5, 5.41) is 0. The van der Waals surface area contributed by atoms with Crippen molar-refractivity contribution in [2.75, 3.05) is 0 Å². The predicted octanol–water partition coefficient (Wildman–Crippen LogP) is 3.76. The van der Waals surface area contributed by atoms with Crippen molar-refractivity contribution in [2.45, 2.75) is 58.3 Å². The lowest BCUT2D eigenvalue weighted by atomic mass is 9.67. The zero-order valence-electron chi connectivity index (χ0n) is 7.73. The third-order valence-electron chi connectivity index (χ3n) is 4.27. The molecule has 0 spiro atoms. The van der Waals surface area contributed by atoms with Crippen molar-refractivity contribution in [3.05, 3.63) is 0 Å². The van der Waals surface area contributed by atoms with Crippen LogP contribution < -0.4 is 0 Å². The maximum absolute atomic E-state index is 2.41. The largest absolute Gasteiger partial charge is 0.0648 e. The molecular weight excluding hydrogens is 132 g/mol. The van der Waals surface area contributed by atoms with E-state index in [9.17, 15) is 0 Å². The van der Waals surface area contributed by atoms with E-state index in [1.54, 1.807) is 25.7 Å². The second-order valence-corrected chi connectivity index (χ2v) is 4.55. The highest BCUT2D eigenvalue weighted by Gasteiger charge is 2.42. The average Bonchev–Trinajstić information content (AvgIpc) is 2.48. The quantitative estimate of drug-likeness (QED) is 0.536. The van der Waals surface area contributed by atoms with Gasteiger partial charge in [-0.25, -0.2) is 0 Å². The Hall–Kier alpha value is 0. The molecule has 0 heteroatoms. The van der Waals surface area contributed by atoms with Gasteiger partial charge in [0.1, 0.15) is 0 Å². The molecule has 0 N–H and O–H groups in total. The Morgan fingerprint density at radius 3 is 2.55 bits per heavy atom. The van der Waals surface area contributed by atoms with Crippen molar-refractivity contribution in [1.29, 1.82) is 0 Å². The summed E-state index contributed by atoms with van der Waals surface area (Å²) in [7, 11) is 0. The molecule has 0 aliphatic heterocycles. The lowest BCUT2D eigenvalue weighted by molar-refractivity contribution is 0.123. The molecular formula is C11H20. The molecule has 64 valence electrons. The van der Waals surface area contributed by atoms with Crippen LogP contribution >= 0.6 is 0 Å². The van der Waals surface area contributed by atoms with Crippen LogP contribution in [0.3, 0.4) is 0 Å².